The average molecular weight is 252 g/mol. The molecular weight excluding hydrogens is 228 g/mol. The molecule has 0 radical (unpaired) electrons. The van der Waals surface area contributed by atoms with E-state index < -0.39 is 15.4 Å². The van der Waals surface area contributed by atoms with Crippen LogP contribution in [0.1, 0.15) is 58.8 Å². The molecule has 0 spiro atoms. The fourth-order valence-electron chi connectivity index (χ4n) is 1.56. The third-order valence-corrected chi connectivity index (χ3v) is 4.05. The Hall–Kier alpha value is -0.130. The molecule has 0 saturated heterocycles. The van der Waals surface area contributed by atoms with Gasteiger partial charge in [-0.15, -0.1) is 0 Å². The van der Waals surface area contributed by atoms with Crippen LogP contribution in [0.25, 0.3) is 0 Å². The van der Waals surface area contributed by atoms with Crippen LogP contribution in [0.2, 0.25) is 0 Å². The van der Waals surface area contributed by atoms with Gasteiger partial charge in [-0.05, 0) is 32.6 Å². The summed E-state index contributed by atoms with van der Waals surface area (Å²) >= 11 is 0. The third kappa shape index (κ3) is 8.07. The Morgan fingerprint density at radius 2 is 1.62 bits per heavy atom. The van der Waals surface area contributed by atoms with E-state index in [1.54, 1.807) is 0 Å². The van der Waals surface area contributed by atoms with Gasteiger partial charge >= 0.3 is 0 Å². The summed E-state index contributed by atoms with van der Waals surface area (Å²) in [6, 6.07) is 0. The highest BCUT2D eigenvalue weighted by atomic mass is 32.2. The predicted octanol–water partition coefficient (Wildman–Crippen LogP) is 2.37. The summed E-state index contributed by atoms with van der Waals surface area (Å²) in [5, 5.41) is 8.85. The highest BCUT2D eigenvalue weighted by Crippen LogP contribution is 2.13. The van der Waals surface area contributed by atoms with Crippen LogP contribution < -0.4 is 0 Å². The molecular formula is C11H24O4S. The molecule has 4 nitrogen and oxygen atoms in total. The lowest BCUT2D eigenvalue weighted by Gasteiger charge is -2.11. The Morgan fingerprint density at radius 1 is 1.06 bits per heavy atom. The molecule has 0 aromatic carbocycles. The molecule has 0 rings (SSSR count). The van der Waals surface area contributed by atoms with Gasteiger partial charge in [-0.3, -0.25) is 4.55 Å². The zero-order chi connectivity index (χ0) is 12.6. The molecule has 0 bridgehead atoms. The van der Waals surface area contributed by atoms with Gasteiger partial charge in [0.05, 0.1) is 11.4 Å². The second kappa shape index (κ2) is 8.03. The van der Waals surface area contributed by atoms with Crippen LogP contribution in [0, 0.1) is 0 Å². The maximum absolute atomic E-state index is 10.7. The molecule has 2 N–H and O–H groups in total. The van der Waals surface area contributed by atoms with Gasteiger partial charge in [0.15, 0.2) is 0 Å². The van der Waals surface area contributed by atoms with Gasteiger partial charge in [0.2, 0.25) is 0 Å². The second-order valence-corrected chi connectivity index (χ2v) is 6.24. The van der Waals surface area contributed by atoms with E-state index in [1.807, 2.05) is 0 Å². The Bertz CT molecular complexity index is 261. The number of hydrogen-bond acceptors (Lipinski definition) is 3. The average Bonchev–Trinajstić information content (AvgIpc) is 2.16. The van der Waals surface area contributed by atoms with Crippen molar-refractivity contribution in [3.05, 3.63) is 0 Å². The first-order chi connectivity index (χ1) is 7.38. The summed E-state index contributed by atoms with van der Waals surface area (Å²) < 4.78 is 30.2. The minimum Gasteiger partial charge on any atom is -0.393 e. The summed E-state index contributed by atoms with van der Waals surface area (Å²) in [7, 11) is -3.90. The minimum absolute atomic E-state index is 0.333. The smallest absolute Gasteiger partial charge is 0.267 e. The first-order valence-corrected chi connectivity index (χ1v) is 7.52. The zero-order valence-electron chi connectivity index (χ0n) is 10.2. The molecule has 0 aliphatic rings. The van der Waals surface area contributed by atoms with E-state index in [2.05, 4.69) is 6.92 Å². The first kappa shape index (κ1) is 15.9. The van der Waals surface area contributed by atoms with Gasteiger partial charge in [-0.2, -0.15) is 8.42 Å². The van der Waals surface area contributed by atoms with E-state index in [0.29, 0.717) is 19.3 Å². The summed E-state index contributed by atoms with van der Waals surface area (Å²) in [5.41, 5.74) is 0. The maximum atomic E-state index is 10.7. The van der Waals surface area contributed by atoms with E-state index in [1.165, 1.54) is 6.92 Å². The molecule has 0 aliphatic heterocycles. The van der Waals surface area contributed by atoms with E-state index in [0.717, 1.165) is 25.7 Å². The number of aliphatic hydroxyl groups is 1. The fraction of sp³-hybridized carbons (Fsp3) is 1.00. The maximum Gasteiger partial charge on any atom is 0.267 e. The molecule has 5 heteroatoms. The summed E-state index contributed by atoms with van der Waals surface area (Å²) in [5.74, 6) is 0. The van der Waals surface area contributed by atoms with E-state index in [4.69, 9.17) is 4.55 Å². The SMILES string of the molecule is CCCCCC(O)CCCC(C)S(=O)(=O)O. The Morgan fingerprint density at radius 3 is 2.12 bits per heavy atom. The number of aliphatic hydroxyl groups excluding tert-OH is 1. The van der Waals surface area contributed by atoms with Crippen molar-refractivity contribution in [2.24, 2.45) is 0 Å². The molecule has 0 fully saturated rings. The van der Waals surface area contributed by atoms with Crippen molar-refractivity contribution in [1.29, 1.82) is 0 Å². The van der Waals surface area contributed by atoms with Crippen LogP contribution in [0.4, 0.5) is 0 Å². The molecule has 0 aromatic heterocycles. The Labute approximate surface area is 98.8 Å². The standard InChI is InChI=1S/C11H24O4S/c1-3-4-5-8-11(12)9-6-7-10(2)16(13,14)15/h10-12H,3-9H2,1-2H3,(H,13,14,15). The quantitative estimate of drug-likeness (QED) is 0.488. The van der Waals surface area contributed by atoms with Gasteiger partial charge in [-0.25, -0.2) is 0 Å². The van der Waals surface area contributed by atoms with E-state index in [9.17, 15) is 13.5 Å². The fourth-order valence-corrected chi connectivity index (χ4v) is 2.03. The molecule has 0 heterocycles. The van der Waals surface area contributed by atoms with Gasteiger partial charge in [0.1, 0.15) is 0 Å². The van der Waals surface area contributed by atoms with Crippen LogP contribution in [0.5, 0.6) is 0 Å². The number of hydrogen-bond donors (Lipinski definition) is 2. The van der Waals surface area contributed by atoms with Crippen molar-refractivity contribution in [3.8, 4) is 0 Å². The van der Waals surface area contributed by atoms with Gasteiger partial charge in [-0.1, -0.05) is 26.2 Å². The lowest BCUT2D eigenvalue weighted by Crippen LogP contribution is -2.17. The van der Waals surface area contributed by atoms with Crippen molar-refractivity contribution >= 4 is 10.1 Å². The molecule has 0 saturated carbocycles. The van der Waals surface area contributed by atoms with Crippen LogP contribution in [-0.4, -0.2) is 29.4 Å². The number of unbranched alkanes of at least 4 members (excludes halogenated alkanes) is 2. The van der Waals surface area contributed by atoms with Crippen molar-refractivity contribution in [2.45, 2.75) is 70.1 Å². The van der Waals surface area contributed by atoms with Crippen LogP contribution in [0.15, 0.2) is 0 Å². The van der Waals surface area contributed by atoms with Gasteiger partial charge in [0.25, 0.3) is 10.1 Å². The molecule has 16 heavy (non-hydrogen) atoms. The Balaban J connectivity index is 3.58. The monoisotopic (exact) mass is 252 g/mol. The second-order valence-electron chi connectivity index (χ2n) is 4.41. The van der Waals surface area contributed by atoms with Crippen LogP contribution in [0.3, 0.4) is 0 Å². The van der Waals surface area contributed by atoms with Crippen molar-refractivity contribution in [3.63, 3.8) is 0 Å². The zero-order valence-corrected chi connectivity index (χ0v) is 11.0. The van der Waals surface area contributed by atoms with E-state index in [-0.39, 0.29) is 6.10 Å². The molecule has 98 valence electrons. The largest absolute Gasteiger partial charge is 0.393 e. The third-order valence-electron chi connectivity index (χ3n) is 2.80. The van der Waals surface area contributed by atoms with Crippen LogP contribution in [-0.2, 0) is 10.1 Å². The highest BCUT2D eigenvalue weighted by Gasteiger charge is 2.16. The molecule has 0 aliphatic carbocycles. The normalized spacial score (nSPS) is 16.0. The van der Waals surface area contributed by atoms with Crippen molar-refractivity contribution in [2.75, 3.05) is 0 Å². The van der Waals surface area contributed by atoms with Gasteiger partial charge in [0, 0.05) is 0 Å². The van der Waals surface area contributed by atoms with Gasteiger partial charge < -0.3 is 5.11 Å². The molecule has 2 atom stereocenters. The first-order valence-electron chi connectivity index (χ1n) is 6.02. The Kier molecular flexibility index (Phi) is 7.97. The van der Waals surface area contributed by atoms with E-state index >= 15 is 0 Å². The van der Waals surface area contributed by atoms with Crippen molar-refractivity contribution in [1.82, 2.24) is 0 Å². The molecule has 0 aromatic rings. The van der Waals surface area contributed by atoms with Crippen LogP contribution >= 0.6 is 0 Å². The van der Waals surface area contributed by atoms with Crippen molar-refractivity contribution < 1.29 is 18.1 Å². The lowest BCUT2D eigenvalue weighted by atomic mass is 10.0. The molecule has 0 amide bonds. The molecule has 2 unspecified atom stereocenters. The highest BCUT2D eigenvalue weighted by molar-refractivity contribution is 7.86. The summed E-state index contributed by atoms with van der Waals surface area (Å²) in [6.45, 7) is 3.60. The predicted molar refractivity (Wildman–Crippen MR) is 65.0 cm³/mol. The number of rotatable bonds is 9. The summed E-state index contributed by atoms with van der Waals surface area (Å²) in [4.78, 5) is 0. The summed E-state index contributed by atoms with van der Waals surface area (Å²) in [6.07, 6.45) is 5.38. The minimum atomic E-state index is -3.90. The topological polar surface area (TPSA) is 74.6 Å². The lowest BCUT2D eigenvalue weighted by molar-refractivity contribution is 0.147.